The lowest BCUT2D eigenvalue weighted by atomic mass is 10.2. The molecular formula is C27H24N2O4S2. The van der Waals surface area contributed by atoms with Crippen molar-refractivity contribution in [3.05, 3.63) is 101 Å². The number of nitrogens with zero attached hydrogens (tertiary/aromatic N) is 1. The van der Waals surface area contributed by atoms with E-state index in [4.69, 9.17) is 4.74 Å². The maximum atomic E-state index is 12.7. The molecule has 1 aromatic heterocycles. The Morgan fingerprint density at radius 2 is 1.80 bits per heavy atom. The van der Waals surface area contributed by atoms with Crippen molar-refractivity contribution in [1.29, 1.82) is 0 Å². The lowest BCUT2D eigenvalue weighted by molar-refractivity contribution is -0.111. The fourth-order valence-corrected chi connectivity index (χ4v) is 5.49. The summed E-state index contributed by atoms with van der Waals surface area (Å²) in [5.41, 5.74) is 4.18. The van der Waals surface area contributed by atoms with Crippen LogP contribution in [0.5, 0.6) is 5.75 Å². The molecule has 0 atom stereocenters. The zero-order chi connectivity index (χ0) is 24.8. The maximum Gasteiger partial charge on any atom is 0.250 e. The van der Waals surface area contributed by atoms with Crippen LogP contribution in [0.3, 0.4) is 0 Å². The molecule has 35 heavy (non-hydrogen) atoms. The number of rotatable bonds is 8. The highest BCUT2D eigenvalue weighted by atomic mass is 32.2. The Labute approximate surface area is 208 Å². The zero-order valence-corrected chi connectivity index (χ0v) is 20.9. The summed E-state index contributed by atoms with van der Waals surface area (Å²) < 4.78 is 30.6. The molecule has 4 aromatic rings. The van der Waals surface area contributed by atoms with E-state index in [1.807, 2.05) is 60.8 Å². The summed E-state index contributed by atoms with van der Waals surface area (Å²) in [4.78, 5) is 17.0. The normalized spacial score (nSPS) is 11.5. The van der Waals surface area contributed by atoms with E-state index in [1.54, 1.807) is 37.5 Å². The van der Waals surface area contributed by atoms with Gasteiger partial charge < -0.3 is 4.74 Å². The van der Waals surface area contributed by atoms with Crippen LogP contribution in [-0.2, 0) is 20.4 Å². The number of anilines is 1. The van der Waals surface area contributed by atoms with Gasteiger partial charge in [-0.15, -0.1) is 11.3 Å². The molecule has 1 amide bonds. The zero-order valence-electron chi connectivity index (χ0n) is 19.3. The minimum atomic E-state index is -3.46. The second kappa shape index (κ2) is 10.7. The molecule has 0 saturated carbocycles. The van der Waals surface area contributed by atoms with Crippen molar-refractivity contribution in [1.82, 2.24) is 4.98 Å². The summed E-state index contributed by atoms with van der Waals surface area (Å²) in [5, 5.41) is 5.11. The monoisotopic (exact) mass is 504 g/mol. The first-order valence-corrected chi connectivity index (χ1v) is 13.3. The molecule has 0 bridgehead atoms. The minimum Gasteiger partial charge on any atom is -0.497 e. The third-order valence-corrected chi connectivity index (χ3v) is 7.69. The molecule has 0 spiro atoms. The standard InChI is InChI=1S/C27H24N2O4S2/c1-19-4-3-5-21(16-19)18-35(31,32)24-13-6-20(7-14-24)8-15-26(30)29-27-28-25(17-34-27)22-9-11-23(33-2)12-10-22/h3-17H,18H2,1-2H3,(H,28,29,30)/b15-8-. The highest BCUT2D eigenvalue weighted by Gasteiger charge is 2.15. The van der Waals surface area contributed by atoms with Gasteiger partial charge in [-0.25, -0.2) is 13.4 Å². The minimum absolute atomic E-state index is 0.0569. The van der Waals surface area contributed by atoms with E-state index in [2.05, 4.69) is 10.3 Å². The highest BCUT2D eigenvalue weighted by Crippen LogP contribution is 2.26. The largest absolute Gasteiger partial charge is 0.497 e. The Bertz CT molecular complexity index is 1460. The number of carbonyl (C=O) groups excluding carboxylic acids is 1. The average molecular weight is 505 g/mol. The van der Waals surface area contributed by atoms with Crippen LogP contribution < -0.4 is 10.1 Å². The van der Waals surface area contributed by atoms with Gasteiger partial charge in [0.05, 0.1) is 23.5 Å². The average Bonchev–Trinajstić information content (AvgIpc) is 3.31. The Morgan fingerprint density at radius 1 is 1.06 bits per heavy atom. The van der Waals surface area contributed by atoms with E-state index in [0.717, 1.165) is 28.1 Å². The summed E-state index contributed by atoms with van der Waals surface area (Å²) in [7, 11) is -1.85. The molecule has 0 aliphatic rings. The van der Waals surface area contributed by atoms with Crippen LogP contribution in [0.1, 0.15) is 16.7 Å². The maximum absolute atomic E-state index is 12.7. The molecule has 0 radical (unpaired) electrons. The van der Waals surface area contributed by atoms with Crippen molar-refractivity contribution in [3.8, 4) is 17.0 Å². The number of aryl methyl sites for hydroxylation is 1. The number of hydrogen-bond acceptors (Lipinski definition) is 6. The molecule has 0 unspecified atom stereocenters. The van der Waals surface area contributed by atoms with Crippen LogP contribution in [-0.4, -0.2) is 26.4 Å². The molecule has 0 aliphatic heterocycles. The van der Waals surface area contributed by atoms with Crippen LogP contribution in [0.15, 0.2) is 89.1 Å². The number of methoxy groups -OCH3 is 1. The predicted octanol–water partition coefficient (Wildman–Crippen LogP) is 5.75. The molecule has 1 heterocycles. The van der Waals surface area contributed by atoms with Crippen molar-refractivity contribution in [3.63, 3.8) is 0 Å². The molecule has 6 nitrogen and oxygen atoms in total. The predicted molar refractivity (Wildman–Crippen MR) is 140 cm³/mol. The molecule has 1 N–H and O–H groups in total. The summed E-state index contributed by atoms with van der Waals surface area (Å²) in [6.07, 6.45) is 3.02. The Hall–Kier alpha value is -3.75. The second-order valence-corrected chi connectivity index (χ2v) is 10.8. The summed E-state index contributed by atoms with van der Waals surface area (Å²) in [6.45, 7) is 1.93. The van der Waals surface area contributed by atoms with Gasteiger partial charge >= 0.3 is 0 Å². The first-order chi connectivity index (χ1) is 16.8. The van der Waals surface area contributed by atoms with Crippen molar-refractivity contribution in [2.24, 2.45) is 0 Å². The molecule has 178 valence electrons. The number of aromatic nitrogens is 1. The van der Waals surface area contributed by atoms with Crippen LogP contribution in [0.25, 0.3) is 17.3 Å². The van der Waals surface area contributed by atoms with Crippen LogP contribution in [0.2, 0.25) is 0 Å². The van der Waals surface area contributed by atoms with E-state index in [9.17, 15) is 13.2 Å². The van der Waals surface area contributed by atoms with Gasteiger partial charge in [-0.05, 0) is 60.5 Å². The number of carbonyl (C=O) groups is 1. The van der Waals surface area contributed by atoms with Gasteiger partial charge in [0.2, 0.25) is 5.91 Å². The number of thiazole rings is 1. The quantitative estimate of drug-likeness (QED) is 0.309. The van der Waals surface area contributed by atoms with Gasteiger partial charge in [0.25, 0.3) is 0 Å². The fraction of sp³-hybridized carbons (Fsp3) is 0.111. The summed E-state index contributed by atoms with van der Waals surface area (Å²) in [5.74, 6) is 0.384. The van der Waals surface area contributed by atoms with Crippen molar-refractivity contribution < 1.29 is 17.9 Å². The van der Waals surface area contributed by atoms with E-state index >= 15 is 0 Å². The highest BCUT2D eigenvalue weighted by molar-refractivity contribution is 7.90. The topological polar surface area (TPSA) is 85.4 Å². The number of amides is 1. The van der Waals surface area contributed by atoms with Gasteiger partial charge in [-0.2, -0.15) is 0 Å². The number of nitrogens with one attached hydrogen (secondary N) is 1. The second-order valence-electron chi connectivity index (χ2n) is 7.91. The molecular weight excluding hydrogens is 480 g/mol. The van der Waals surface area contributed by atoms with E-state index in [-0.39, 0.29) is 16.6 Å². The van der Waals surface area contributed by atoms with Gasteiger partial charge in [-0.1, -0.05) is 42.0 Å². The number of hydrogen-bond donors (Lipinski definition) is 1. The SMILES string of the molecule is COc1ccc(-c2csc(NC(=O)/C=C\c3ccc(S(=O)(=O)Cc4cccc(C)c4)cc3)n2)cc1. The first kappa shape index (κ1) is 24.4. The van der Waals surface area contributed by atoms with Gasteiger partial charge in [0, 0.05) is 17.0 Å². The number of sulfone groups is 1. The van der Waals surface area contributed by atoms with Crippen LogP contribution >= 0.6 is 11.3 Å². The van der Waals surface area contributed by atoms with Gasteiger partial charge in [-0.3, -0.25) is 10.1 Å². The molecule has 8 heteroatoms. The summed E-state index contributed by atoms with van der Waals surface area (Å²) in [6, 6.07) is 21.5. The molecule has 0 aliphatic carbocycles. The third kappa shape index (κ3) is 6.44. The van der Waals surface area contributed by atoms with Gasteiger partial charge in [0.15, 0.2) is 15.0 Å². The number of benzene rings is 3. The molecule has 0 fully saturated rings. The Balaban J connectivity index is 1.36. The van der Waals surface area contributed by atoms with E-state index < -0.39 is 9.84 Å². The Kier molecular flexibility index (Phi) is 7.43. The smallest absolute Gasteiger partial charge is 0.250 e. The summed E-state index contributed by atoms with van der Waals surface area (Å²) >= 11 is 1.34. The van der Waals surface area contributed by atoms with Crippen LogP contribution in [0.4, 0.5) is 5.13 Å². The van der Waals surface area contributed by atoms with Crippen molar-refractivity contribution in [2.75, 3.05) is 12.4 Å². The van der Waals surface area contributed by atoms with Crippen molar-refractivity contribution >= 4 is 38.3 Å². The van der Waals surface area contributed by atoms with E-state index in [1.165, 1.54) is 17.4 Å². The number of ether oxygens (including phenoxy) is 1. The van der Waals surface area contributed by atoms with Crippen molar-refractivity contribution in [2.45, 2.75) is 17.6 Å². The molecule has 3 aromatic carbocycles. The fourth-order valence-electron chi connectivity index (χ4n) is 3.44. The van der Waals surface area contributed by atoms with Crippen LogP contribution in [0, 0.1) is 6.92 Å². The van der Waals surface area contributed by atoms with Gasteiger partial charge in [0.1, 0.15) is 5.75 Å². The molecule has 4 rings (SSSR count). The lowest BCUT2D eigenvalue weighted by Gasteiger charge is -2.06. The lowest BCUT2D eigenvalue weighted by Crippen LogP contribution is -2.07. The first-order valence-electron chi connectivity index (χ1n) is 10.8. The third-order valence-electron chi connectivity index (χ3n) is 5.23. The molecule has 0 saturated heterocycles. The van der Waals surface area contributed by atoms with E-state index in [0.29, 0.717) is 10.7 Å². The Morgan fingerprint density at radius 3 is 2.49 bits per heavy atom.